The Morgan fingerprint density at radius 3 is 1.39 bits per heavy atom. The van der Waals surface area contributed by atoms with Crippen molar-refractivity contribution in [3.63, 3.8) is 0 Å². The number of benzene rings is 3. The predicted molar refractivity (Wildman–Crippen MR) is 99.2 cm³/mol. The average Bonchev–Trinajstić information content (AvgIpc) is 2.55. The van der Waals surface area contributed by atoms with Crippen LogP contribution in [0.1, 0.15) is 44.9 Å². The van der Waals surface area contributed by atoms with Crippen LogP contribution in [0.4, 0.5) is 0 Å². The van der Waals surface area contributed by atoms with E-state index >= 15 is 0 Å². The van der Waals surface area contributed by atoms with Crippen molar-refractivity contribution in [2.24, 2.45) is 0 Å². The van der Waals surface area contributed by atoms with Crippen molar-refractivity contribution in [1.29, 1.82) is 0 Å². The summed E-state index contributed by atoms with van der Waals surface area (Å²) in [4.78, 5) is 0. The third-order valence-electron chi connectivity index (χ3n) is 4.86. The van der Waals surface area contributed by atoms with Crippen molar-refractivity contribution in [2.75, 3.05) is 0 Å². The average molecular weight is 300 g/mol. The largest absolute Gasteiger partial charge is 0.0622 e. The van der Waals surface area contributed by atoms with Gasteiger partial charge in [-0.1, -0.05) is 66.7 Å². The van der Waals surface area contributed by atoms with E-state index in [-0.39, 0.29) is 5.92 Å². The van der Waals surface area contributed by atoms with Crippen LogP contribution in [0.3, 0.4) is 0 Å². The van der Waals surface area contributed by atoms with Crippen LogP contribution in [0.2, 0.25) is 0 Å². The molecule has 0 atom stereocenters. The highest BCUT2D eigenvalue weighted by Gasteiger charge is 2.17. The molecule has 23 heavy (non-hydrogen) atoms. The monoisotopic (exact) mass is 300 g/mol. The first-order valence-electron chi connectivity index (χ1n) is 8.25. The summed E-state index contributed by atoms with van der Waals surface area (Å²) in [7, 11) is 0. The van der Waals surface area contributed by atoms with Crippen LogP contribution in [0.25, 0.3) is 0 Å². The lowest BCUT2D eigenvalue weighted by atomic mass is 9.83. The minimum absolute atomic E-state index is 0.287. The second-order valence-electron chi connectivity index (χ2n) is 6.53. The summed E-state index contributed by atoms with van der Waals surface area (Å²) in [5, 5.41) is 0. The highest BCUT2D eigenvalue weighted by molar-refractivity contribution is 5.47. The Balaban J connectivity index is 2.17. The SMILES string of the molecule is Cc1ccc(C(c2ccccc2)c2ccc(C)c(C)c2)cc1C. The highest BCUT2D eigenvalue weighted by Crippen LogP contribution is 2.33. The van der Waals surface area contributed by atoms with Gasteiger partial charge in [-0.25, -0.2) is 0 Å². The molecule has 0 radical (unpaired) electrons. The van der Waals surface area contributed by atoms with Gasteiger partial charge in [-0.3, -0.25) is 0 Å². The second kappa shape index (κ2) is 6.42. The number of hydrogen-bond acceptors (Lipinski definition) is 0. The van der Waals surface area contributed by atoms with Gasteiger partial charge in [0.05, 0.1) is 0 Å². The molecule has 0 saturated carbocycles. The molecule has 3 aromatic carbocycles. The maximum atomic E-state index is 2.34. The molecule has 0 unspecified atom stereocenters. The minimum Gasteiger partial charge on any atom is -0.0622 e. The molecule has 0 aliphatic heterocycles. The first kappa shape index (κ1) is 15.6. The van der Waals surface area contributed by atoms with Crippen LogP contribution in [-0.2, 0) is 0 Å². The van der Waals surface area contributed by atoms with Crippen LogP contribution >= 0.6 is 0 Å². The molecule has 0 bridgehead atoms. The molecule has 0 spiro atoms. The zero-order chi connectivity index (χ0) is 16.4. The predicted octanol–water partition coefficient (Wildman–Crippen LogP) is 6.10. The third-order valence-corrected chi connectivity index (χ3v) is 4.86. The Morgan fingerprint density at radius 2 is 0.957 bits per heavy atom. The molecule has 0 saturated heterocycles. The molecular formula is C23H24. The molecule has 3 rings (SSSR count). The van der Waals surface area contributed by atoms with E-state index in [1.807, 2.05) is 0 Å². The van der Waals surface area contributed by atoms with Gasteiger partial charge in [0, 0.05) is 5.92 Å². The lowest BCUT2D eigenvalue weighted by molar-refractivity contribution is 0.967. The Labute approximate surface area is 139 Å². The van der Waals surface area contributed by atoms with Crippen LogP contribution in [0, 0.1) is 27.7 Å². The van der Waals surface area contributed by atoms with Crippen molar-refractivity contribution in [2.45, 2.75) is 33.6 Å². The molecule has 0 heteroatoms. The van der Waals surface area contributed by atoms with Crippen LogP contribution in [0.15, 0.2) is 66.7 Å². The van der Waals surface area contributed by atoms with Gasteiger partial charge in [0.15, 0.2) is 0 Å². The maximum Gasteiger partial charge on any atom is 0.0340 e. The first-order chi connectivity index (χ1) is 11.1. The first-order valence-corrected chi connectivity index (χ1v) is 8.25. The van der Waals surface area contributed by atoms with Gasteiger partial charge in [-0.05, 0) is 66.6 Å². The molecule has 0 fully saturated rings. The van der Waals surface area contributed by atoms with Crippen LogP contribution < -0.4 is 0 Å². The summed E-state index contributed by atoms with van der Waals surface area (Å²) in [6, 6.07) is 24.5. The van der Waals surface area contributed by atoms with E-state index in [0.717, 1.165) is 0 Å². The lowest BCUT2D eigenvalue weighted by Crippen LogP contribution is -2.05. The van der Waals surface area contributed by atoms with Crippen molar-refractivity contribution >= 4 is 0 Å². The standard InChI is InChI=1S/C23H24/c1-16-10-12-21(14-18(16)3)23(20-8-6-5-7-9-20)22-13-11-17(2)19(4)15-22/h5-15,23H,1-4H3. The van der Waals surface area contributed by atoms with Crippen molar-refractivity contribution < 1.29 is 0 Å². The molecule has 0 nitrogen and oxygen atoms in total. The highest BCUT2D eigenvalue weighted by atomic mass is 14.2. The summed E-state index contributed by atoms with van der Waals surface area (Å²) >= 11 is 0. The van der Waals surface area contributed by atoms with Gasteiger partial charge in [-0.15, -0.1) is 0 Å². The Kier molecular flexibility index (Phi) is 4.34. The summed E-state index contributed by atoms with van der Waals surface area (Å²) < 4.78 is 0. The van der Waals surface area contributed by atoms with Gasteiger partial charge in [0.1, 0.15) is 0 Å². The molecule has 3 aromatic rings. The van der Waals surface area contributed by atoms with Gasteiger partial charge < -0.3 is 0 Å². The van der Waals surface area contributed by atoms with Crippen molar-refractivity contribution in [3.8, 4) is 0 Å². The van der Waals surface area contributed by atoms with Gasteiger partial charge >= 0.3 is 0 Å². The summed E-state index contributed by atoms with van der Waals surface area (Å²) in [5.74, 6) is 0.287. The Morgan fingerprint density at radius 1 is 0.478 bits per heavy atom. The number of hydrogen-bond donors (Lipinski definition) is 0. The van der Waals surface area contributed by atoms with E-state index in [1.165, 1.54) is 38.9 Å². The Hall–Kier alpha value is -2.34. The molecule has 0 aliphatic carbocycles. The van der Waals surface area contributed by atoms with E-state index in [1.54, 1.807) is 0 Å². The van der Waals surface area contributed by atoms with Gasteiger partial charge in [-0.2, -0.15) is 0 Å². The van der Waals surface area contributed by atoms with E-state index < -0.39 is 0 Å². The topological polar surface area (TPSA) is 0 Å². The molecular weight excluding hydrogens is 276 g/mol. The molecule has 0 heterocycles. The van der Waals surface area contributed by atoms with Crippen molar-refractivity contribution in [3.05, 3.63) is 106 Å². The minimum atomic E-state index is 0.287. The molecule has 0 N–H and O–H groups in total. The maximum absolute atomic E-state index is 2.34. The normalized spacial score (nSPS) is 11.0. The fourth-order valence-electron chi connectivity index (χ4n) is 3.11. The van der Waals surface area contributed by atoms with E-state index in [0.29, 0.717) is 0 Å². The third kappa shape index (κ3) is 3.22. The van der Waals surface area contributed by atoms with E-state index in [4.69, 9.17) is 0 Å². The van der Waals surface area contributed by atoms with Crippen molar-refractivity contribution in [1.82, 2.24) is 0 Å². The summed E-state index contributed by atoms with van der Waals surface area (Å²) in [6.45, 7) is 8.74. The molecule has 0 amide bonds. The molecule has 0 aromatic heterocycles. The number of aryl methyl sites for hydroxylation is 4. The summed E-state index contributed by atoms with van der Waals surface area (Å²) in [6.07, 6.45) is 0. The second-order valence-corrected chi connectivity index (χ2v) is 6.53. The zero-order valence-corrected chi connectivity index (χ0v) is 14.4. The lowest BCUT2D eigenvalue weighted by Gasteiger charge is -2.21. The van der Waals surface area contributed by atoms with Crippen LogP contribution in [-0.4, -0.2) is 0 Å². The summed E-state index contributed by atoms with van der Waals surface area (Å²) in [5.41, 5.74) is 9.48. The van der Waals surface area contributed by atoms with E-state index in [9.17, 15) is 0 Å². The smallest absolute Gasteiger partial charge is 0.0340 e. The van der Waals surface area contributed by atoms with Gasteiger partial charge in [0.2, 0.25) is 0 Å². The fourth-order valence-corrected chi connectivity index (χ4v) is 3.11. The number of rotatable bonds is 3. The molecule has 0 aliphatic rings. The molecule has 116 valence electrons. The zero-order valence-electron chi connectivity index (χ0n) is 14.4. The van der Waals surface area contributed by atoms with Gasteiger partial charge in [0.25, 0.3) is 0 Å². The van der Waals surface area contributed by atoms with E-state index in [2.05, 4.69) is 94.4 Å². The Bertz CT molecular complexity index is 761. The van der Waals surface area contributed by atoms with Crippen LogP contribution in [0.5, 0.6) is 0 Å². The fraction of sp³-hybridized carbons (Fsp3) is 0.217. The quantitative estimate of drug-likeness (QED) is 0.513.